The van der Waals surface area contributed by atoms with Crippen molar-refractivity contribution in [3.8, 4) is 11.6 Å². The van der Waals surface area contributed by atoms with Crippen LogP contribution in [-0.4, -0.2) is 130 Å². The van der Waals surface area contributed by atoms with Gasteiger partial charge in [-0.2, -0.15) is 5.10 Å². The van der Waals surface area contributed by atoms with Gasteiger partial charge in [-0.1, -0.05) is 0 Å². The normalized spacial score (nSPS) is 17.9. The second kappa shape index (κ2) is 16.6. The number of rotatable bonds is 14. The number of carboxylic acid groups (broad SMARTS) is 1. The van der Waals surface area contributed by atoms with Crippen LogP contribution >= 0.6 is 0 Å². The molecule has 1 aromatic carbocycles. The Labute approximate surface area is 292 Å². The van der Waals surface area contributed by atoms with Crippen molar-refractivity contribution in [3.63, 3.8) is 0 Å². The highest BCUT2D eigenvalue weighted by Gasteiger charge is 2.36. The van der Waals surface area contributed by atoms with E-state index in [0.717, 1.165) is 35.7 Å². The lowest BCUT2D eigenvalue weighted by atomic mass is 10.1. The molecule has 3 aliphatic rings. The maximum absolute atomic E-state index is 14.3. The van der Waals surface area contributed by atoms with Crippen LogP contribution in [-0.2, 0) is 23.9 Å². The number of amides is 5. The first-order chi connectivity index (χ1) is 24.4. The molecule has 1 aromatic heterocycles. The Morgan fingerprint density at radius 3 is 2.37 bits per heavy atom. The van der Waals surface area contributed by atoms with Gasteiger partial charge in [0.25, 0.3) is 11.8 Å². The molecule has 0 bridgehead atoms. The number of likely N-dealkylation sites (tertiary alicyclic amines) is 1. The summed E-state index contributed by atoms with van der Waals surface area (Å²) < 4.78 is 39.8. The van der Waals surface area contributed by atoms with Crippen LogP contribution in [0.25, 0.3) is 5.69 Å². The van der Waals surface area contributed by atoms with Crippen LogP contribution in [0.15, 0.2) is 24.3 Å². The number of carboxylic acids is 1. The van der Waals surface area contributed by atoms with Gasteiger partial charge in [0.15, 0.2) is 23.9 Å². The molecule has 3 N–H and O–H groups in total. The quantitative estimate of drug-likeness (QED) is 0.257. The zero-order valence-electron chi connectivity index (χ0n) is 28.1. The fourth-order valence-electron chi connectivity index (χ4n) is 5.92. The zero-order chi connectivity index (χ0) is 36.7. The lowest BCUT2D eigenvalue weighted by Gasteiger charge is -2.35. The summed E-state index contributed by atoms with van der Waals surface area (Å²) >= 11 is 0. The molecule has 5 amide bonds. The van der Waals surface area contributed by atoms with Gasteiger partial charge in [-0.25, -0.2) is 18.3 Å². The highest BCUT2D eigenvalue weighted by atomic mass is 19.2. The Bertz CT molecular complexity index is 1640. The van der Waals surface area contributed by atoms with Gasteiger partial charge in [0, 0.05) is 57.8 Å². The maximum Gasteiger partial charge on any atom is 0.409 e. The van der Waals surface area contributed by atoms with Gasteiger partial charge >= 0.3 is 12.1 Å². The van der Waals surface area contributed by atoms with Crippen LogP contribution < -0.4 is 15.4 Å². The van der Waals surface area contributed by atoms with Gasteiger partial charge in [0.2, 0.25) is 17.7 Å². The number of aromatic nitrogens is 2. The van der Waals surface area contributed by atoms with Crippen LogP contribution in [0.2, 0.25) is 0 Å². The van der Waals surface area contributed by atoms with E-state index in [9.17, 15) is 42.7 Å². The molecule has 3 heterocycles. The van der Waals surface area contributed by atoms with Crippen LogP contribution in [0.3, 0.4) is 0 Å². The van der Waals surface area contributed by atoms with Gasteiger partial charge in [-0.05, 0) is 57.1 Å². The summed E-state index contributed by atoms with van der Waals surface area (Å²) in [6, 6.07) is 2.03. The third-order valence-electron chi connectivity index (χ3n) is 8.91. The molecule has 0 spiro atoms. The molecule has 3 fully saturated rings. The number of piperazine rings is 1. The number of halogens is 2. The lowest BCUT2D eigenvalue weighted by Crippen LogP contribution is -2.56. The van der Waals surface area contributed by atoms with E-state index in [4.69, 9.17) is 9.47 Å². The first-order valence-electron chi connectivity index (χ1n) is 16.9. The van der Waals surface area contributed by atoms with E-state index in [1.807, 2.05) is 0 Å². The number of hydrogen-bond acceptors (Lipinski definition) is 9. The molecular weight excluding hydrogens is 676 g/mol. The summed E-state index contributed by atoms with van der Waals surface area (Å²) in [4.78, 5) is 80.7. The molecular formula is C33H41F2N7O9. The molecule has 276 valence electrons. The average molecular weight is 718 g/mol. The molecule has 1 aliphatic carbocycles. The van der Waals surface area contributed by atoms with Gasteiger partial charge in [0.1, 0.15) is 12.1 Å². The lowest BCUT2D eigenvalue weighted by molar-refractivity contribution is -0.140. The highest BCUT2D eigenvalue weighted by Crippen LogP contribution is 2.28. The number of nitrogens with one attached hydrogen (secondary N) is 2. The van der Waals surface area contributed by atoms with E-state index in [0.29, 0.717) is 31.8 Å². The van der Waals surface area contributed by atoms with E-state index in [2.05, 4.69) is 15.7 Å². The maximum atomic E-state index is 14.3. The Balaban J connectivity index is 1.31. The van der Waals surface area contributed by atoms with E-state index >= 15 is 0 Å². The molecule has 2 atom stereocenters. The zero-order valence-corrected chi connectivity index (χ0v) is 28.1. The Hall–Kier alpha value is -5.29. The smallest absolute Gasteiger partial charge is 0.409 e. The monoisotopic (exact) mass is 717 g/mol. The number of nitrogens with zero attached hydrogens (tertiary/aromatic N) is 5. The molecule has 2 aliphatic heterocycles. The third kappa shape index (κ3) is 9.49. The predicted molar refractivity (Wildman–Crippen MR) is 173 cm³/mol. The number of benzene rings is 1. The molecule has 1 saturated carbocycles. The van der Waals surface area contributed by atoms with Crippen molar-refractivity contribution in [3.05, 3.63) is 41.6 Å². The summed E-state index contributed by atoms with van der Waals surface area (Å²) in [6.07, 6.45) is 1.99. The summed E-state index contributed by atoms with van der Waals surface area (Å²) in [5.74, 6) is -5.51. The molecule has 18 heteroatoms. The van der Waals surface area contributed by atoms with Crippen LogP contribution in [0.5, 0.6) is 5.88 Å². The predicted octanol–water partition coefficient (Wildman–Crippen LogP) is 1.31. The standard InChI is InChI=1S/C33H41F2N7O9/c1-2-50-33(49)40-14-12-39(13-15-40)32(48)24(9-10-29(44)45)37-30(46)25-17-28(42(38-25)21-7-8-22(34)23(35)16-21)51-19-27(43)41-11-3-4-26(41)31(47)36-18-20-5-6-20/h7-8,16-17,20,24,26H,2-6,9-15,18-19H2,1H3,(H,36,47)(H,37,46)(H,44,45). The Kier molecular flexibility index (Phi) is 12.0. The molecule has 2 aromatic rings. The number of hydrogen-bond donors (Lipinski definition) is 3. The Morgan fingerprint density at radius 2 is 1.71 bits per heavy atom. The van der Waals surface area contributed by atoms with Gasteiger partial charge < -0.3 is 39.9 Å². The third-order valence-corrected chi connectivity index (χ3v) is 8.91. The van der Waals surface area contributed by atoms with Gasteiger partial charge in [-0.15, -0.1) is 0 Å². The van der Waals surface area contributed by atoms with Crippen molar-refractivity contribution in [1.82, 2.24) is 35.1 Å². The molecule has 51 heavy (non-hydrogen) atoms. The van der Waals surface area contributed by atoms with Gasteiger partial charge in [0.05, 0.1) is 12.3 Å². The summed E-state index contributed by atoms with van der Waals surface area (Å²) in [5, 5.41) is 18.9. The number of carbonyl (C=O) groups excluding carboxylic acids is 5. The van der Waals surface area contributed by atoms with Crippen LogP contribution in [0, 0.1) is 17.6 Å². The topological polar surface area (TPSA) is 193 Å². The summed E-state index contributed by atoms with van der Waals surface area (Å²) in [5.41, 5.74) is -0.382. The minimum Gasteiger partial charge on any atom is -0.481 e. The van der Waals surface area contributed by atoms with Crippen molar-refractivity contribution in [2.75, 3.05) is 52.5 Å². The number of carbonyl (C=O) groups is 6. The summed E-state index contributed by atoms with van der Waals surface area (Å²) in [6.45, 7) is 2.77. The first-order valence-corrected chi connectivity index (χ1v) is 16.9. The molecule has 2 unspecified atom stereocenters. The van der Waals surface area contributed by atoms with Crippen molar-refractivity contribution >= 4 is 35.7 Å². The summed E-state index contributed by atoms with van der Waals surface area (Å²) in [7, 11) is 0. The second-order valence-corrected chi connectivity index (χ2v) is 12.6. The molecule has 0 radical (unpaired) electrons. The number of ether oxygens (including phenoxy) is 2. The van der Waals surface area contributed by atoms with Crippen molar-refractivity contribution in [2.24, 2.45) is 5.92 Å². The van der Waals surface area contributed by atoms with E-state index in [1.165, 1.54) is 20.8 Å². The fraction of sp³-hybridized carbons (Fsp3) is 0.545. The molecule has 5 rings (SSSR count). The average Bonchev–Trinajstić information content (AvgIpc) is 3.63. The largest absolute Gasteiger partial charge is 0.481 e. The second-order valence-electron chi connectivity index (χ2n) is 12.6. The fourth-order valence-corrected chi connectivity index (χ4v) is 5.92. The van der Waals surface area contributed by atoms with E-state index in [1.54, 1.807) is 6.92 Å². The SMILES string of the molecule is CCOC(=O)N1CCN(C(=O)C(CCC(=O)O)NC(=O)c2cc(OCC(=O)N3CCCC3C(=O)NCC3CC3)n(-c3ccc(F)c(F)c3)n2)CC1. The minimum absolute atomic E-state index is 0.0492. The first kappa shape index (κ1) is 37.0. The van der Waals surface area contributed by atoms with E-state index < -0.39 is 66.5 Å². The van der Waals surface area contributed by atoms with Gasteiger partial charge in [-0.3, -0.25) is 24.0 Å². The van der Waals surface area contributed by atoms with Crippen molar-refractivity contribution < 1.29 is 52.1 Å². The minimum atomic E-state index is -1.29. The van der Waals surface area contributed by atoms with Crippen molar-refractivity contribution in [2.45, 2.75) is 57.5 Å². The van der Waals surface area contributed by atoms with E-state index in [-0.39, 0.29) is 62.4 Å². The Morgan fingerprint density at radius 1 is 0.980 bits per heavy atom. The van der Waals surface area contributed by atoms with Crippen LogP contribution in [0.1, 0.15) is 55.9 Å². The molecule has 16 nitrogen and oxygen atoms in total. The van der Waals surface area contributed by atoms with Crippen LogP contribution in [0.4, 0.5) is 13.6 Å². The molecule has 2 saturated heterocycles. The van der Waals surface area contributed by atoms with Crippen molar-refractivity contribution in [1.29, 1.82) is 0 Å². The highest BCUT2D eigenvalue weighted by molar-refractivity contribution is 5.96. The number of aliphatic carboxylic acids is 1.